The van der Waals surface area contributed by atoms with E-state index in [-0.39, 0.29) is 17.7 Å². The minimum Gasteiger partial charge on any atom is -0.381 e. The molecule has 3 rings (SSSR count). The van der Waals surface area contributed by atoms with Crippen LogP contribution in [0.15, 0.2) is 28.8 Å². The molecule has 6 nitrogen and oxygen atoms in total. The molecule has 1 aromatic carbocycles. The fraction of sp³-hybridized carbons (Fsp3) is 0.471. The monoisotopic (exact) mass is 315 g/mol. The number of amides is 1. The summed E-state index contributed by atoms with van der Waals surface area (Å²) in [4.78, 5) is 16.0. The largest absolute Gasteiger partial charge is 0.381 e. The number of aromatic nitrogens is 2. The van der Waals surface area contributed by atoms with Gasteiger partial charge in [0.15, 0.2) is 5.82 Å². The van der Waals surface area contributed by atoms with Gasteiger partial charge in [-0.2, -0.15) is 4.98 Å². The predicted molar refractivity (Wildman–Crippen MR) is 84.6 cm³/mol. The number of nitrogens with one attached hydrogen (secondary N) is 1. The lowest BCUT2D eigenvalue weighted by Gasteiger charge is -2.07. The molecule has 1 amide bonds. The predicted octanol–water partition coefficient (Wildman–Crippen LogP) is 2.51. The lowest BCUT2D eigenvalue weighted by Crippen LogP contribution is -2.27. The Hall–Kier alpha value is -2.21. The van der Waals surface area contributed by atoms with Gasteiger partial charge in [0.1, 0.15) is 0 Å². The fourth-order valence-corrected chi connectivity index (χ4v) is 2.41. The maximum atomic E-state index is 11.6. The minimum absolute atomic E-state index is 0.00865. The highest BCUT2D eigenvalue weighted by Crippen LogP contribution is 2.25. The van der Waals surface area contributed by atoms with Gasteiger partial charge in [-0.3, -0.25) is 4.79 Å². The van der Waals surface area contributed by atoms with Crippen molar-refractivity contribution in [3.8, 4) is 11.5 Å². The van der Waals surface area contributed by atoms with Crippen LogP contribution >= 0.6 is 0 Å². The SMILES string of the molecule is CC(C)C(=O)NCc1ccc(-c2nc([C@@H]3CCOC3)no2)cc1. The van der Waals surface area contributed by atoms with E-state index in [1.165, 1.54) is 0 Å². The molecule has 0 saturated carbocycles. The second-order valence-corrected chi connectivity index (χ2v) is 6.09. The van der Waals surface area contributed by atoms with Crippen molar-refractivity contribution in [3.63, 3.8) is 0 Å². The molecule has 2 heterocycles. The van der Waals surface area contributed by atoms with E-state index >= 15 is 0 Å². The Bertz CT molecular complexity index is 658. The van der Waals surface area contributed by atoms with E-state index in [2.05, 4.69) is 15.5 Å². The topological polar surface area (TPSA) is 77.2 Å². The summed E-state index contributed by atoms with van der Waals surface area (Å²) in [6.07, 6.45) is 0.938. The molecule has 0 radical (unpaired) electrons. The van der Waals surface area contributed by atoms with Crippen LogP contribution in [0.5, 0.6) is 0 Å². The third kappa shape index (κ3) is 3.76. The number of hydrogen-bond acceptors (Lipinski definition) is 5. The van der Waals surface area contributed by atoms with Gasteiger partial charge in [-0.05, 0) is 24.1 Å². The van der Waals surface area contributed by atoms with Crippen LogP contribution in [0.4, 0.5) is 0 Å². The molecule has 122 valence electrons. The number of carbonyl (C=O) groups is 1. The molecule has 1 N–H and O–H groups in total. The van der Waals surface area contributed by atoms with Crippen LogP contribution in [0.25, 0.3) is 11.5 Å². The molecule has 1 atom stereocenters. The number of rotatable bonds is 5. The molecule has 0 aliphatic carbocycles. The van der Waals surface area contributed by atoms with Gasteiger partial charge in [0.2, 0.25) is 5.91 Å². The lowest BCUT2D eigenvalue weighted by atomic mass is 10.1. The Balaban J connectivity index is 1.64. The van der Waals surface area contributed by atoms with Crippen LogP contribution in [-0.2, 0) is 16.1 Å². The molecule has 1 aliphatic heterocycles. The zero-order valence-electron chi connectivity index (χ0n) is 13.4. The second-order valence-electron chi connectivity index (χ2n) is 6.09. The molecule has 1 fully saturated rings. The Labute approximate surface area is 135 Å². The van der Waals surface area contributed by atoms with Crippen LogP contribution in [0.1, 0.15) is 37.6 Å². The van der Waals surface area contributed by atoms with Gasteiger partial charge in [0.05, 0.1) is 6.61 Å². The maximum Gasteiger partial charge on any atom is 0.257 e. The van der Waals surface area contributed by atoms with Gasteiger partial charge in [0.25, 0.3) is 5.89 Å². The zero-order chi connectivity index (χ0) is 16.2. The summed E-state index contributed by atoms with van der Waals surface area (Å²) in [6, 6.07) is 7.77. The van der Waals surface area contributed by atoms with E-state index in [0.717, 1.165) is 24.2 Å². The number of carbonyl (C=O) groups excluding carboxylic acids is 1. The van der Waals surface area contributed by atoms with Crippen molar-refractivity contribution >= 4 is 5.91 Å². The van der Waals surface area contributed by atoms with E-state index in [1.807, 2.05) is 38.1 Å². The van der Waals surface area contributed by atoms with Crippen LogP contribution < -0.4 is 5.32 Å². The summed E-state index contributed by atoms with van der Waals surface area (Å²) in [7, 11) is 0. The fourth-order valence-electron chi connectivity index (χ4n) is 2.41. The summed E-state index contributed by atoms with van der Waals surface area (Å²) in [5, 5.41) is 6.95. The summed E-state index contributed by atoms with van der Waals surface area (Å²) < 4.78 is 10.7. The first kappa shape index (κ1) is 15.7. The first-order valence-electron chi connectivity index (χ1n) is 7.92. The lowest BCUT2D eigenvalue weighted by molar-refractivity contribution is -0.124. The van der Waals surface area contributed by atoms with E-state index in [1.54, 1.807) is 0 Å². The molecular formula is C17H21N3O3. The summed E-state index contributed by atoms with van der Waals surface area (Å²) >= 11 is 0. The Morgan fingerprint density at radius 3 is 2.78 bits per heavy atom. The molecule has 2 aromatic rings. The Morgan fingerprint density at radius 2 is 2.13 bits per heavy atom. The molecule has 0 unspecified atom stereocenters. The number of nitrogens with zero attached hydrogens (tertiary/aromatic N) is 2. The van der Waals surface area contributed by atoms with Gasteiger partial charge in [-0.15, -0.1) is 0 Å². The summed E-state index contributed by atoms with van der Waals surface area (Å²) in [6.45, 7) is 5.69. The normalized spacial score (nSPS) is 17.6. The van der Waals surface area contributed by atoms with E-state index in [4.69, 9.17) is 9.26 Å². The van der Waals surface area contributed by atoms with Crippen LogP contribution in [0.3, 0.4) is 0 Å². The van der Waals surface area contributed by atoms with Crippen molar-refractivity contribution in [2.75, 3.05) is 13.2 Å². The average Bonchev–Trinajstić information content (AvgIpc) is 3.23. The first-order chi connectivity index (χ1) is 11.1. The van der Waals surface area contributed by atoms with Gasteiger partial charge >= 0.3 is 0 Å². The highest BCUT2D eigenvalue weighted by atomic mass is 16.5. The molecule has 23 heavy (non-hydrogen) atoms. The van der Waals surface area contributed by atoms with E-state index < -0.39 is 0 Å². The smallest absolute Gasteiger partial charge is 0.257 e. The van der Waals surface area contributed by atoms with Crippen molar-refractivity contribution in [2.24, 2.45) is 5.92 Å². The highest BCUT2D eigenvalue weighted by Gasteiger charge is 2.23. The first-order valence-corrected chi connectivity index (χ1v) is 7.92. The Morgan fingerprint density at radius 1 is 1.35 bits per heavy atom. The molecule has 0 spiro atoms. The minimum atomic E-state index is -0.00865. The third-order valence-corrected chi connectivity index (χ3v) is 3.93. The number of ether oxygens (including phenoxy) is 1. The van der Waals surface area contributed by atoms with Crippen molar-refractivity contribution in [1.82, 2.24) is 15.5 Å². The summed E-state index contributed by atoms with van der Waals surface area (Å²) in [5.41, 5.74) is 1.91. The molecular weight excluding hydrogens is 294 g/mol. The van der Waals surface area contributed by atoms with Crippen molar-refractivity contribution in [2.45, 2.75) is 32.7 Å². The third-order valence-electron chi connectivity index (χ3n) is 3.93. The zero-order valence-corrected chi connectivity index (χ0v) is 13.4. The number of benzene rings is 1. The van der Waals surface area contributed by atoms with Gasteiger partial charge < -0.3 is 14.6 Å². The molecule has 0 bridgehead atoms. The van der Waals surface area contributed by atoms with E-state index in [0.29, 0.717) is 24.9 Å². The van der Waals surface area contributed by atoms with Crippen LogP contribution in [0, 0.1) is 5.92 Å². The molecule has 1 saturated heterocycles. The van der Waals surface area contributed by atoms with E-state index in [9.17, 15) is 4.79 Å². The van der Waals surface area contributed by atoms with Crippen LogP contribution in [-0.4, -0.2) is 29.3 Å². The van der Waals surface area contributed by atoms with Crippen molar-refractivity contribution in [1.29, 1.82) is 0 Å². The average molecular weight is 315 g/mol. The number of hydrogen-bond donors (Lipinski definition) is 1. The van der Waals surface area contributed by atoms with Crippen molar-refractivity contribution in [3.05, 3.63) is 35.7 Å². The standard InChI is InChI=1S/C17H21N3O3/c1-11(2)16(21)18-9-12-3-5-13(6-4-12)17-19-15(20-23-17)14-7-8-22-10-14/h3-6,11,14H,7-10H2,1-2H3,(H,18,21)/t14-/m1/s1. The quantitative estimate of drug-likeness (QED) is 0.917. The highest BCUT2D eigenvalue weighted by molar-refractivity contribution is 5.77. The molecule has 1 aromatic heterocycles. The van der Waals surface area contributed by atoms with Gasteiger partial charge in [0, 0.05) is 30.6 Å². The molecule has 1 aliphatic rings. The maximum absolute atomic E-state index is 11.6. The second kappa shape index (κ2) is 6.91. The van der Waals surface area contributed by atoms with Crippen LogP contribution in [0.2, 0.25) is 0 Å². The summed E-state index contributed by atoms with van der Waals surface area (Å²) in [5.74, 6) is 1.51. The van der Waals surface area contributed by atoms with Gasteiger partial charge in [-0.1, -0.05) is 31.1 Å². The van der Waals surface area contributed by atoms with Crippen molar-refractivity contribution < 1.29 is 14.1 Å². The van der Waals surface area contributed by atoms with Gasteiger partial charge in [-0.25, -0.2) is 0 Å². The molecule has 6 heteroatoms. The Kier molecular flexibility index (Phi) is 4.71.